The van der Waals surface area contributed by atoms with Gasteiger partial charge in [0.2, 0.25) is 0 Å². The van der Waals surface area contributed by atoms with Gasteiger partial charge in [-0.05, 0) is 50.5 Å². The minimum absolute atomic E-state index is 0.285. The average Bonchev–Trinajstić information content (AvgIpc) is 2.63. The van der Waals surface area contributed by atoms with E-state index < -0.39 is 23.8 Å². The summed E-state index contributed by atoms with van der Waals surface area (Å²) < 4.78 is 5.35. The molecule has 1 amide bonds. The normalized spacial score (nSPS) is 13.6. The summed E-state index contributed by atoms with van der Waals surface area (Å²) in [7, 11) is 0. The van der Waals surface area contributed by atoms with E-state index in [0.717, 1.165) is 11.1 Å². The molecule has 0 aliphatic heterocycles. The van der Waals surface area contributed by atoms with Gasteiger partial charge in [0, 0.05) is 13.1 Å². The summed E-state index contributed by atoms with van der Waals surface area (Å²) in [6, 6.07) is 14.6. The number of benzene rings is 2. The van der Waals surface area contributed by atoms with Gasteiger partial charge in [0.15, 0.2) is 0 Å². The van der Waals surface area contributed by atoms with Gasteiger partial charge in [-0.15, -0.1) is 0 Å². The SMILES string of the molecule is CC(C)(C)OC(=O)N[C@@H](Cc1ccccc1)[C@H](O)CNCc1ccc(Cl)c(Cl)c1. The number of alkyl carbamates (subject to hydrolysis) is 1. The molecule has 0 spiro atoms. The third kappa shape index (κ3) is 8.62. The Bertz CT molecular complexity index is 794. The van der Waals surface area contributed by atoms with E-state index in [1.165, 1.54) is 0 Å². The Balaban J connectivity index is 1.97. The topological polar surface area (TPSA) is 70.6 Å². The molecule has 0 bridgehead atoms. The molecule has 0 heterocycles. The molecule has 2 aromatic rings. The van der Waals surface area contributed by atoms with Crippen LogP contribution in [0.1, 0.15) is 31.9 Å². The largest absolute Gasteiger partial charge is 0.444 e. The number of carbonyl (C=O) groups is 1. The Labute approximate surface area is 182 Å². The number of nitrogens with one attached hydrogen (secondary N) is 2. The van der Waals surface area contributed by atoms with E-state index in [4.69, 9.17) is 27.9 Å². The quantitative estimate of drug-likeness (QED) is 0.563. The number of carbonyl (C=O) groups excluding carboxylic acids is 1. The van der Waals surface area contributed by atoms with Gasteiger partial charge < -0.3 is 20.5 Å². The first kappa shape index (κ1) is 23.5. The average molecular weight is 439 g/mol. The van der Waals surface area contributed by atoms with Crippen molar-refractivity contribution in [3.05, 3.63) is 69.7 Å². The maximum absolute atomic E-state index is 12.2. The fraction of sp³-hybridized carbons (Fsp3) is 0.409. The highest BCUT2D eigenvalue weighted by atomic mass is 35.5. The van der Waals surface area contributed by atoms with Crippen LogP contribution in [0.15, 0.2) is 48.5 Å². The summed E-state index contributed by atoms with van der Waals surface area (Å²) in [5.41, 5.74) is 1.35. The van der Waals surface area contributed by atoms with Gasteiger partial charge in [0.1, 0.15) is 5.60 Å². The Hall–Kier alpha value is -1.79. The van der Waals surface area contributed by atoms with Crippen molar-refractivity contribution in [1.29, 1.82) is 0 Å². The molecule has 0 unspecified atom stereocenters. The van der Waals surface area contributed by atoms with Crippen molar-refractivity contribution in [2.45, 2.75) is 51.5 Å². The van der Waals surface area contributed by atoms with Crippen LogP contribution in [0.3, 0.4) is 0 Å². The highest BCUT2D eigenvalue weighted by Crippen LogP contribution is 2.22. The highest BCUT2D eigenvalue weighted by molar-refractivity contribution is 6.42. The van der Waals surface area contributed by atoms with Gasteiger partial charge in [-0.1, -0.05) is 59.6 Å². The summed E-state index contributed by atoms with van der Waals surface area (Å²) in [4.78, 5) is 12.2. The number of aliphatic hydroxyl groups excluding tert-OH is 1. The lowest BCUT2D eigenvalue weighted by molar-refractivity contribution is 0.0422. The molecule has 0 aliphatic carbocycles. The molecule has 2 atom stereocenters. The van der Waals surface area contributed by atoms with Crippen molar-refractivity contribution < 1.29 is 14.6 Å². The summed E-state index contributed by atoms with van der Waals surface area (Å²) in [6.45, 7) is 6.20. The molecule has 7 heteroatoms. The summed E-state index contributed by atoms with van der Waals surface area (Å²) in [5.74, 6) is 0. The Morgan fingerprint density at radius 1 is 1.07 bits per heavy atom. The lowest BCUT2D eigenvalue weighted by Crippen LogP contribution is -2.49. The van der Waals surface area contributed by atoms with Gasteiger partial charge in [-0.3, -0.25) is 0 Å². The van der Waals surface area contributed by atoms with E-state index >= 15 is 0 Å². The monoisotopic (exact) mass is 438 g/mol. The van der Waals surface area contributed by atoms with Crippen LogP contribution in [-0.2, 0) is 17.7 Å². The standard InChI is InChI=1S/C22H28Cl2N2O3/c1-22(2,3)29-21(28)26-19(12-15-7-5-4-6-8-15)20(27)14-25-13-16-9-10-17(23)18(24)11-16/h4-11,19-20,25,27H,12-14H2,1-3H3,(H,26,28)/t19-,20+/m0/s1. The number of aliphatic hydroxyl groups is 1. The second kappa shape index (κ2) is 10.8. The van der Waals surface area contributed by atoms with Gasteiger partial charge in [0.05, 0.1) is 22.2 Å². The van der Waals surface area contributed by atoms with Crippen molar-refractivity contribution >= 4 is 29.3 Å². The van der Waals surface area contributed by atoms with E-state index in [1.807, 2.05) is 36.4 Å². The molecule has 0 aromatic heterocycles. The van der Waals surface area contributed by atoms with Crippen molar-refractivity contribution in [1.82, 2.24) is 10.6 Å². The third-order valence-corrected chi connectivity index (χ3v) is 4.87. The van der Waals surface area contributed by atoms with E-state index in [0.29, 0.717) is 23.0 Å². The summed E-state index contributed by atoms with van der Waals surface area (Å²) >= 11 is 12.0. The van der Waals surface area contributed by atoms with Gasteiger partial charge in [0.25, 0.3) is 0 Å². The van der Waals surface area contributed by atoms with Crippen LogP contribution in [0.5, 0.6) is 0 Å². The van der Waals surface area contributed by atoms with E-state index in [1.54, 1.807) is 32.9 Å². The first-order valence-corrected chi connectivity index (χ1v) is 10.3. The van der Waals surface area contributed by atoms with Crippen LogP contribution in [0.2, 0.25) is 10.0 Å². The highest BCUT2D eigenvalue weighted by Gasteiger charge is 2.24. The molecule has 2 rings (SSSR count). The second-order valence-electron chi connectivity index (χ2n) is 7.89. The smallest absolute Gasteiger partial charge is 0.407 e. The molecular weight excluding hydrogens is 411 g/mol. The number of hydrogen-bond donors (Lipinski definition) is 3. The second-order valence-corrected chi connectivity index (χ2v) is 8.70. The van der Waals surface area contributed by atoms with Gasteiger partial charge in [-0.25, -0.2) is 4.79 Å². The Kier molecular flexibility index (Phi) is 8.78. The van der Waals surface area contributed by atoms with Crippen LogP contribution < -0.4 is 10.6 Å². The molecule has 0 saturated carbocycles. The van der Waals surface area contributed by atoms with E-state index in [9.17, 15) is 9.90 Å². The fourth-order valence-electron chi connectivity index (χ4n) is 2.77. The van der Waals surface area contributed by atoms with Crippen molar-refractivity contribution in [3.8, 4) is 0 Å². The molecule has 0 radical (unpaired) electrons. The molecule has 5 nitrogen and oxygen atoms in total. The van der Waals surface area contributed by atoms with Crippen LogP contribution in [-0.4, -0.2) is 35.5 Å². The van der Waals surface area contributed by atoms with Crippen molar-refractivity contribution in [2.24, 2.45) is 0 Å². The molecule has 0 aliphatic rings. The van der Waals surface area contributed by atoms with Gasteiger partial charge in [-0.2, -0.15) is 0 Å². The van der Waals surface area contributed by atoms with Crippen molar-refractivity contribution in [3.63, 3.8) is 0 Å². The maximum Gasteiger partial charge on any atom is 0.407 e. The predicted octanol–water partition coefficient (Wildman–Crippen LogP) is 4.58. The molecule has 29 heavy (non-hydrogen) atoms. The van der Waals surface area contributed by atoms with E-state index in [2.05, 4.69) is 10.6 Å². The summed E-state index contributed by atoms with van der Waals surface area (Å²) in [6.07, 6.45) is -0.886. The van der Waals surface area contributed by atoms with Crippen LogP contribution in [0.4, 0.5) is 4.79 Å². The molecule has 0 saturated heterocycles. The van der Waals surface area contributed by atoms with Crippen LogP contribution in [0.25, 0.3) is 0 Å². The van der Waals surface area contributed by atoms with Crippen molar-refractivity contribution in [2.75, 3.05) is 6.54 Å². The third-order valence-electron chi connectivity index (χ3n) is 4.13. The zero-order valence-electron chi connectivity index (χ0n) is 16.9. The Morgan fingerprint density at radius 2 is 1.76 bits per heavy atom. The first-order chi connectivity index (χ1) is 13.6. The molecular formula is C22H28Cl2N2O3. The van der Waals surface area contributed by atoms with Crippen LogP contribution in [0, 0.1) is 0 Å². The minimum Gasteiger partial charge on any atom is -0.444 e. The number of amides is 1. The molecule has 158 valence electrons. The lowest BCUT2D eigenvalue weighted by atomic mass is 10.0. The van der Waals surface area contributed by atoms with E-state index in [-0.39, 0.29) is 6.54 Å². The number of rotatable bonds is 8. The lowest BCUT2D eigenvalue weighted by Gasteiger charge is -2.27. The maximum atomic E-state index is 12.2. The molecule has 0 fully saturated rings. The minimum atomic E-state index is -0.814. The number of hydrogen-bond acceptors (Lipinski definition) is 4. The van der Waals surface area contributed by atoms with Crippen LogP contribution >= 0.6 is 23.2 Å². The zero-order valence-corrected chi connectivity index (χ0v) is 18.4. The predicted molar refractivity (Wildman–Crippen MR) is 117 cm³/mol. The number of halogens is 2. The zero-order chi connectivity index (χ0) is 21.4. The molecule has 3 N–H and O–H groups in total. The number of ether oxygens (including phenoxy) is 1. The Morgan fingerprint density at radius 3 is 2.38 bits per heavy atom. The first-order valence-electron chi connectivity index (χ1n) is 9.50. The van der Waals surface area contributed by atoms with Gasteiger partial charge >= 0.3 is 6.09 Å². The molecule has 2 aromatic carbocycles. The summed E-state index contributed by atoms with van der Waals surface area (Å²) in [5, 5.41) is 17.7. The fourth-order valence-corrected chi connectivity index (χ4v) is 3.09.